The van der Waals surface area contributed by atoms with Crippen LogP contribution in [0.2, 0.25) is 0 Å². The van der Waals surface area contributed by atoms with Crippen molar-refractivity contribution in [2.75, 3.05) is 13.1 Å². The molecule has 1 saturated heterocycles. The van der Waals surface area contributed by atoms with Gasteiger partial charge in [-0.1, -0.05) is 23.4 Å². The number of hydrogen-bond donors (Lipinski definition) is 0. The lowest BCUT2D eigenvalue weighted by Crippen LogP contribution is -2.39. The van der Waals surface area contributed by atoms with Crippen LogP contribution in [0.4, 0.5) is 0 Å². The Morgan fingerprint density at radius 2 is 2.20 bits per heavy atom. The zero-order chi connectivity index (χ0) is 17.2. The first-order chi connectivity index (χ1) is 12.2. The van der Waals surface area contributed by atoms with Crippen molar-refractivity contribution in [2.24, 2.45) is 0 Å². The Morgan fingerprint density at radius 3 is 3.04 bits per heavy atom. The van der Waals surface area contributed by atoms with E-state index in [1.165, 1.54) is 10.9 Å². The highest BCUT2D eigenvalue weighted by atomic mass is 16.5. The number of carbonyl (C=O) groups excluding carboxylic acids is 1. The fraction of sp³-hybridized carbons (Fsp3) is 0.421. The first kappa shape index (κ1) is 15.9. The second-order valence-electron chi connectivity index (χ2n) is 6.67. The van der Waals surface area contributed by atoms with Crippen molar-refractivity contribution in [3.8, 4) is 0 Å². The molecule has 1 aromatic carbocycles. The molecule has 1 unspecified atom stereocenters. The van der Waals surface area contributed by atoms with Crippen LogP contribution in [-0.2, 0) is 11.3 Å². The highest BCUT2D eigenvalue weighted by Crippen LogP contribution is 2.25. The number of nitrogens with zero attached hydrogens (tertiary/aromatic N) is 4. The van der Waals surface area contributed by atoms with Crippen LogP contribution in [0.25, 0.3) is 10.9 Å². The smallest absolute Gasteiger partial charge is 0.224 e. The number of likely N-dealkylation sites (tertiary alicyclic amines) is 1. The number of piperidine rings is 1. The Bertz CT molecular complexity index is 882. The standard InChI is InChI=1S/C19H22N4O2/c1-14-20-19(21-25-14)16-6-4-10-23(13-16)18(24)9-12-22-11-8-15-5-2-3-7-17(15)22/h2-3,5,7-8,11,16H,4,6,9-10,12-13H2,1H3. The number of rotatable bonds is 4. The monoisotopic (exact) mass is 338 g/mol. The van der Waals surface area contributed by atoms with E-state index < -0.39 is 0 Å². The maximum Gasteiger partial charge on any atom is 0.224 e. The summed E-state index contributed by atoms with van der Waals surface area (Å²) in [5.74, 6) is 1.69. The molecule has 25 heavy (non-hydrogen) atoms. The first-order valence-corrected chi connectivity index (χ1v) is 8.82. The number of para-hydroxylation sites is 1. The molecule has 1 aliphatic rings. The van der Waals surface area contributed by atoms with Gasteiger partial charge in [0.1, 0.15) is 0 Å². The third-order valence-corrected chi connectivity index (χ3v) is 4.93. The number of amides is 1. The number of fused-ring (bicyclic) bond motifs is 1. The highest BCUT2D eigenvalue weighted by Gasteiger charge is 2.27. The molecule has 6 heteroatoms. The normalized spacial score (nSPS) is 18.0. The van der Waals surface area contributed by atoms with Gasteiger partial charge in [-0.3, -0.25) is 4.79 Å². The number of carbonyl (C=O) groups is 1. The maximum atomic E-state index is 12.7. The fourth-order valence-electron chi connectivity index (χ4n) is 3.60. The van der Waals surface area contributed by atoms with Crippen molar-refractivity contribution >= 4 is 16.8 Å². The maximum absolute atomic E-state index is 12.7. The van der Waals surface area contributed by atoms with Crippen LogP contribution in [-0.4, -0.2) is 38.6 Å². The Kier molecular flexibility index (Phi) is 4.26. The van der Waals surface area contributed by atoms with Gasteiger partial charge in [-0.15, -0.1) is 0 Å². The number of aryl methyl sites for hydroxylation is 2. The van der Waals surface area contributed by atoms with E-state index in [2.05, 4.69) is 39.1 Å². The van der Waals surface area contributed by atoms with Gasteiger partial charge < -0.3 is 14.0 Å². The van der Waals surface area contributed by atoms with Crippen LogP contribution >= 0.6 is 0 Å². The van der Waals surface area contributed by atoms with Gasteiger partial charge in [-0.2, -0.15) is 4.98 Å². The minimum atomic E-state index is 0.183. The van der Waals surface area contributed by atoms with Gasteiger partial charge in [0.25, 0.3) is 0 Å². The van der Waals surface area contributed by atoms with Crippen LogP contribution in [0.1, 0.15) is 36.9 Å². The van der Waals surface area contributed by atoms with Crippen LogP contribution in [0.3, 0.4) is 0 Å². The van der Waals surface area contributed by atoms with Gasteiger partial charge >= 0.3 is 0 Å². The topological polar surface area (TPSA) is 64.2 Å². The number of aromatic nitrogens is 3. The fourth-order valence-corrected chi connectivity index (χ4v) is 3.60. The third-order valence-electron chi connectivity index (χ3n) is 4.93. The quantitative estimate of drug-likeness (QED) is 0.733. The van der Waals surface area contributed by atoms with Gasteiger partial charge in [0.15, 0.2) is 5.82 Å². The summed E-state index contributed by atoms with van der Waals surface area (Å²) in [7, 11) is 0. The summed E-state index contributed by atoms with van der Waals surface area (Å²) in [6.07, 6.45) is 4.55. The van der Waals surface area contributed by atoms with Crippen LogP contribution in [0, 0.1) is 6.92 Å². The Hall–Kier alpha value is -2.63. The van der Waals surface area contributed by atoms with E-state index >= 15 is 0 Å². The summed E-state index contributed by atoms with van der Waals surface area (Å²) < 4.78 is 7.23. The predicted octanol–water partition coefficient (Wildman–Crippen LogP) is 3.13. The molecular weight excluding hydrogens is 316 g/mol. The molecule has 4 rings (SSSR count). The summed E-state index contributed by atoms with van der Waals surface area (Å²) in [4.78, 5) is 18.9. The molecule has 1 amide bonds. The molecule has 3 heterocycles. The van der Waals surface area contributed by atoms with E-state index in [4.69, 9.17) is 4.52 Å². The zero-order valence-corrected chi connectivity index (χ0v) is 14.4. The molecule has 130 valence electrons. The van der Waals surface area contributed by atoms with Gasteiger partial charge in [0.05, 0.1) is 0 Å². The molecule has 1 fully saturated rings. The van der Waals surface area contributed by atoms with Crippen molar-refractivity contribution in [1.82, 2.24) is 19.6 Å². The second-order valence-corrected chi connectivity index (χ2v) is 6.67. The molecule has 6 nitrogen and oxygen atoms in total. The van der Waals surface area contributed by atoms with Crippen molar-refractivity contribution < 1.29 is 9.32 Å². The molecule has 2 aromatic heterocycles. The molecule has 3 aromatic rings. The van der Waals surface area contributed by atoms with E-state index in [1.54, 1.807) is 6.92 Å². The molecule has 1 aliphatic heterocycles. The van der Waals surface area contributed by atoms with Gasteiger partial charge in [-0.05, 0) is 30.4 Å². The van der Waals surface area contributed by atoms with Gasteiger partial charge in [-0.25, -0.2) is 0 Å². The Morgan fingerprint density at radius 1 is 1.32 bits per heavy atom. The minimum Gasteiger partial charge on any atom is -0.347 e. The van der Waals surface area contributed by atoms with Gasteiger partial charge in [0, 0.05) is 50.6 Å². The average Bonchev–Trinajstić information content (AvgIpc) is 3.26. The lowest BCUT2D eigenvalue weighted by atomic mass is 9.97. The predicted molar refractivity (Wildman–Crippen MR) is 94.1 cm³/mol. The van der Waals surface area contributed by atoms with E-state index in [0.717, 1.165) is 25.2 Å². The van der Waals surface area contributed by atoms with Gasteiger partial charge in [0.2, 0.25) is 11.8 Å². The molecule has 0 radical (unpaired) electrons. The molecule has 0 N–H and O–H groups in total. The molecule has 0 bridgehead atoms. The largest absolute Gasteiger partial charge is 0.347 e. The Labute approximate surface area is 146 Å². The molecule has 0 saturated carbocycles. The minimum absolute atomic E-state index is 0.183. The van der Waals surface area contributed by atoms with Crippen LogP contribution in [0.5, 0.6) is 0 Å². The molecule has 0 aliphatic carbocycles. The summed E-state index contributed by atoms with van der Waals surface area (Å²) in [5.41, 5.74) is 1.18. The molecule has 0 spiro atoms. The van der Waals surface area contributed by atoms with Crippen molar-refractivity contribution in [2.45, 2.75) is 38.6 Å². The average molecular weight is 338 g/mol. The SMILES string of the molecule is Cc1nc(C2CCCN(C(=O)CCn3ccc4ccccc43)C2)no1. The van der Waals surface area contributed by atoms with E-state index in [-0.39, 0.29) is 11.8 Å². The van der Waals surface area contributed by atoms with Crippen molar-refractivity contribution in [1.29, 1.82) is 0 Å². The lowest BCUT2D eigenvalue weighted by Gasteiger charge is -2.31. The zero-order valence-electron chi connectivity index (χ0n) is 14.4. The molecular formula is C19H22N4O2. The summed E-state index contributed by atoms with van der Waals surface area (Å²) in [6.45, 7) is 4.00. The lowest BCUT2D eigenvalue weighted by molar-refractivity contribution is -0.132. The second kappa shape index (κ2) is 6.70. The molecule has 1 atom stereocenters. The highest BCUT2D eigenvalue weighted by molar-refractivity contribution is 5.80. The van der Waals surface area contributed by atoms with Crippen molar-refractivity contribution in [3.63, 3.8) is 0 Å². The van der Waals surface area contributed by atoms with Crippen molar-refractivity contribution in [3.05, 3.63) is 48.2 Å². The number of hydrogen-bond acceptors (Lipinski definition) is 4. The van der Waals surface area contributed by atoms with Crippen LogP contribution in [0.15, 0.2) is 41.1 Å². The van der Waals surface area contributed by atoms with Crippen LogP contribution < -0.4 is 0 Å². The van der Waals surface area contributed by atoms with E-state index in [9.17, 15) is 4.79 Å². The first-order valence-electron chi connectivity index (χ1n) is 8.82. The summed E-state index contributed by atoms with van der Waals surface area (Å²) in [6, 6.07) is 10.3. The third kappa shape index (κ3) is 3.29. The Balaban J connectivity index is 1.39. The van der Waals surface area contributed by atoms with E-state index in [0.29, 0.717) is 25.4 Å². The summed E-state index contributed by atoms with van der Waals surface area (Å²) >= 11 is 0. The van der Waals surface area contributed by atoms with E-state index in [1.807, 2.05) is 17.0 Å². The number of benzene rings is 1. The summed E-state index contributed by atoms with van der Waals surface area (Å²) in [5, 5.41) is 5.23.